The lowest BCUT2D eigenvalue weighted by Crippen LogP contribution is -2.18. The molecule has 112 valence electrons. The molecule has 2 aromatic rings. The van der Waals surface area contributed by atoms with Crippen LogP contribution in [0.4, 0.5) is 0 Å². The number of hydrogen-bond donors (Lipinski definition) is 1. The molecule has 0 spiro atoms. The van der Waals surface area contributed by atoms with E-state index in [2.05, 4.69) is 9.97 Å². The van der Waals surface area contributed by atoms with E-state index >= 15 is 0 Å². The summed E-state index contributed by atoms with van der Waals surface area (Å²) in [5.41, 5.74) is 2.08. The molecule has 21 heavy (non-hydrogen) atoms. The van der Waals surface area contributed by atoms with E-state index in [1.807, 2.05) is 32.9 Å². The van der Waals surface area contributed by atoms with Crippen LogP contribution in [0.5, 0.6) is 11.5 Å². The van der Waals surface area contributed by atoms with Crippen molar-refractivity contribution in [1.29, 1.82) is 0 Å². The highest BCUT2D eigenvalue weighted by Crippen LogP contribution is 2.31. The summed E-state index contributed by atoms with van der Waals surface area (Å²) in [5.74, 6) is 1.93. The van der Waals surface area contributed by atoms with E-state index < -0.39 is 0 Å². The summed E-state index contributed by atoms with van der Waals surface area (Å²) in [7, 11) is 3.17. The van der Waals surface area contributed by atoms with Crippen molar-refractivity contribution >= 4 is 0 Å². The highest BCUT2D eigenvalue weighted by molar-refractivity contribution is 5.66. The Balaban J connectivity index is 2.60. The molecule has 0 saturated heterocycles. The summed E-state index contributed by atoms with van der Waals surface area (Å²) in [5, 5.41) is 0. The average Bonchev–Trinajstić information content (AvgIpc) is 2.45. The average molecular weight is 288 g/mol. The Morgan fingerprint density at radius 1 is 1.19 bits per heavy atom. The first-order chi connectivity index (χ1) is 9.97. The highest BCUT2D eigenvalue weighted by Gasteiger charge is 2.15. The van der Waals surface area contributed by atoms with Gasteiger partial charge in [-0.3, -0.25) is 4.79 Å². The summed E-state index contributed by atoms with van der Waals surface area (Å²) in [4.78, 5) is 19.6. The molecule has 0 saturated carbocycles. The quantitative estimate of drug-likeness (QED) is 0.939. The second-order valence-electron chi connectivity index (χ2n) is 5.13. The molecule has 0 aliphatic carbocycles. The summed E-state index contributed by atoms with van der Waals surface area (Å²) in [6, 6.07) is 5.40. The zero-order chi connectivity index (χ0) is 15.6. The Hall–Kier alpha value is -2.30. The molecule has 5 heteroatoms. The third-order valence-corrected chi connectivity index (χ3v) is 3.39. The van der Waals surface area contributed by atoms with Crippen LogP contribution >= 0.6 is 0 Å². The third kappa shape index (κ3) is 2.91. The molecule has 2 rings (SSSR count). The third-order valence-electron chi connectivity index (χ3n) is 3.39. The van der Waals surface area contributed by atoms with Crippen LogP contribution in [0.2, 0.25) is 0 Å². The maximum Gasteiger partial charge on any atom is 0.254 e. The Bertz CT molecular complexity index is 705. The lowest BCUT2D eigenvalue weighted by atomic mass is 10.0. The van der Waals surface area contributed by atoms with Crippen molar-refractivity contribution in [1.82, 2.24) is 9.97 Å². The first-order valence-corrected chi connectivity index (χ1v) is 6.81. The number of nitrogens with zero attached hydrogens (tertiary/aromatic N) is 1. The van der Waals surface area contributed by atoms with E-state index in [1.54, 1.807) is 20.3 Å². The molecule has 0 unspecified atom stereocenters. The summed E-state index contributed by atoms with van der Waals surface area (Å²) < 4.78 is 10.5. The molecular weight excluding hydrogens is 268 g/mol. The van der Waals surface area contributed by atoms with Crippen LogP contribution in [0.15, 0.2) is 23.0 Å². The summed E-state index contributed by atoms with van der Waals surface area (Å²) >= 11 is 0. The Kier molecular flexibility index (Phi) is 4.31. The normalized spacial score (nSPS) is 10.8. The number of rotatable bonds is 4. The largest absolute Gasteiger partial charge is 0.497 e. The number of aromatic nitrogens is 2. The fourth-order valence-corrected chi connectivity index (χ4v) is 2.40. The lowest BCUT2D eigenvalue weighted by Gasteiger charge is -2.12. The van der Waals surface area contributed by atoms with Crippen molar-refractivity contribution in [3.63, 3.8) is 0 Å². The molecular formula is C16H20N2O3. The predicted molar refractivity (Wildman–Crippen MR) is 82.2 cm³/mol. The Labute approximate surface area is 124 Å². The predicted octanol–water partition coefficient (Wildman–Crippen LogP) is 2.89. The topological polar surface area (TPSA) is 64.2 Å². The van der Waals surface area contributed by atoms with E-state index in [0.29, 0.717) is 22.9 Å². The molecule has 0 amide bonds. The smallest absolute Gasteiger partial charge is 0.254 e. The molecule has 0 bridgehead atoms. The Morgan fingerprint density at radius 2 is 1.90 bits per heavy atom. The van der Waals surface area contributed by atoms with Gasteiger partial charge < -0.3 is 14.5 Å². The fourth-order valence-electron chi connectivity index (χ4n) is 2.40. The van der Waals surface area contributed by atoms with Crippen LogP contribution in [0.25, 0.3) is 11.4 Å². The van der Waals surface area contributed by atoms with Crippen molar-refractivity contribution in [2.24, 2.45) is 0 Å². The molecule has 0 fully saturated rings. The zero-order valence-electron chi connectivity index (χ0n) is 13.0. The zero-order valence-corrected chi connectivity index (χ0v) is 13.0. The van der Waals surface area contributed by atoms with Crippen LogP contribution in [0.1, 0.15) is 31.0 Å². The molecule has 1 heterocycles. The van der Waals surface area contributed by atoms with Gasteiger partial charge in [-0.25, -0.2) is 4.98 Å². The first-order valence-electron chi connectivity index (χ1n) is 6.81. The van der Waals surface area contributed by atoms with Gasteiger partial charge >= 0.3 is 0 Å². The van der Waals surface area contributed by atoms with Crippen molar-refractivity contribution in [3.05, 3.63) is 39.8 Å². The standard InChI is InChI=1S/C16H20N2O3/c1-9(2)14-10(3)17-15(18-16(14)19)12-7-6-11(20-4)8-13(12)21-5/h6-9H,1-5H3,(H,17,18,19). The number of benzene rings is 1. The molecule has 0 atom stereocenters. The van der Waals surface area contributed by atoms with Gasteiger partial charge in [-0.2, -0.15) is 0 Å². The van der Waals surface area contributed by atoms with Crippen LogP contribution in [-0.2, 0) is 0 Å². The maximum atomic E-state index is 12.2. The molecule has 1 N–H and O–H groups in total. The molecule has 0 radical (unpaired) electrons. The number of aromatic amines is 1. The molecule has 1 aromatic carbocycles. The van der Waals surface area contributed by atoms with E-state index in [-0.39, 0.29) is 11.5 Å². The minimum Gasteiger partial charge on any atom is -0.497 e. The molecule has 5 nitrogen and oxygen atoms in total. The summed E-state index contributed by atoms with van der Waals surface area (Å²) in [6.07, 6.45) is 0. The minimum atomic E-state index is -0.106. The highest BCUT2D eigenvalue weighted by atomic mass is 16.5. The monoisotopic (exact) mass is 288 g/mol. The van der Waals surface area contributed by atoms with E-state index in [0.717, 1.165) is 11.3 Å². The van der Waals surface area contributed by atoms with Gasteiger partial charge in [0.05, 0.1) is 19.8 Å². The minimum absolute atomic E-state index is 0.106. The number of hydrogen-bond acceptors (Lipinski definition) is 4. The second kappa shape index (κ2) is 5.99. The number of nitrogens with one attached hydrogen (secondary N) is 1. The van der Waals surface area contributed by atoms with Gasteiger partial charge in [0, 0.05) is 17.3 Å². The van der Waals surface area contributed by atoms with Gasteiger partial charge in [0.2, 0.25) is 0 Å². The number of methoxy groups -OCH3 is 2. The first kappa shape index (κ1) is 15.1. The van der Waals surface area contributed by atoms with Gasteiger partial charge in [-0.15, -0.1) is 0 Å². The number of ether oxygens (including phenoxy) is 2. The lowest BCUT2D eigenvalue weighted by molar-refractivity contribution is 0.395. The van der Waals surface area contributed by atoms with Crippen LogP contribution in [-0.4, -0.2) is 24.2 Å². The molecule has 1 aromatic heterocycles. The van der Waals surface area contributed by atoms with Gasteiger partial charge in [0.15, 0.2) is 0 Å². The van der Waals surface area contributed by atoms with Gasteiger partial charge in [-0.1, -0.05) is 13.8 Å². The molecule has 0 aliphatic heterocycles. The SMILES string of the molecule is COc1ccc(-c2nc(C)c(C(C)C)c(=O)[nH]2)c(OC)c1. The maximum absolute atomic E-state index is 12.2. The van der Waals surface area contributed by atoms with Crippen LogP contribution in [0.3, 0.4) is 0 Å². The van der Waals surface area contributed by atoms with Gasteiger partial charge in [0.1, 0.15) is 17.3 Å². The van der Waals surface area contributed by atoms with Gasteiger partial charge in [0.25, 0.3) is 5.56 Å². The van der Waals surface area contributed by atoms with Crippen LogP contribution < -0.4 is 15.0 Å². The number of aryl methyl sites for hydroxylation is 1. The Morgan fingerprint density at radius 3 is 2.43 bits per heavy atom. The second-order valence-corrected chi connectivity index (χ2v) is 5.13. The fraction of sp³-hybridized carbons (Fsp3) is 0.375. The summed E-state index contributed by atoms with van der Waals surface area (Å²) in [6.45, 7) is 5.81. The van der Waals surface area contributed by atoms with E-state index in [1.165, 1.54) is 0 Å². The van der Waals surface area contributed by atoms with Crippen molar-refractivity contribution in [2.45, 2.75) is 26.7 Å². The van der Waals surface area contributed by atoms with Crippen LogP contribution in [0, 0.1) is 6.92 Å². The van der Waals surface area contributed by atoms with Gasteiger partial charge in [-0.05, 0) is 25.0 Å². The van der Waals surface area contributed by atoms with E-state index in [4.69, 9.17) is 9.47 Å². The van der Waals surface area contributed by atoms with Crippen molar-refractivity contribution in [3.8, 4) is 22.9 Å². The van der Waals surface area contributed by atoms with Crippen molar-refractivity contribution < 1.29 is 9.47 Å². The van der Waals surface area contributed by atoms with Crippen molar-refractivity contribution in [2.75, 3.05) is 14.2 Å². The number of H-pyrrole nitrogens is 1. The molecule has 0 aliphatic rings. The van der Waals surface area contributed by atoms with E-state index in [9.17, 15) is 4.79 Å².